The van der Waals surface area contributed by atoms with Crippen molar-refractivity contribution in [2.75, 3.05) is 7.05 Å². The molecule has 7 nitrogen and oxygen atoms in total. The molecule has 0 spiro atoms. The van der Waals surface area contributed by atoms with E-state index >= 15 is 0 Å². The van der Waals surface area contributed by atoms with E-state index in [0.29, 0.717) is 16.5 Å². The molecule has 10 heteroatoms. The number of ether oxygens (including phenoxy) is 1. The fourth-order valence-electron chi connectivity index (χ4n) is 3.68. The van der Waals surface area contributed by atoms with Gasteiger partial charge in [0.25, 0.3) is 0 Å². The van der Waals surface area contributed by atoms with Gasteiger partial charge in [0.15, 0.2) is 5.75 Å². The van der Waals surface area contributed by atoms with Gasteiger partial charge in [-0.2, -0.15) is 13.2 Å². The number of alkyl halides is 3. The van der Waals surface area contributed by atoms with Crippen molar-refractivity contribution >= 4 is 22.8 Å². The summed E-state index contributed by atoms with van der Waals surface area (Å²) in [5, 5.41) is 2.91. The number of carbonyl (C=O) groups is 2. The molecular weight excluding hydrogens is 401 g/mol. The van der Waals surface area contributed by atoms with Crippen LogP contribution in [0, 0.1) is 5.92 Å². The normalized spacial score (nSPS) is 19.8. The lowest BCUT2D eigenvalue weighted by atomic mass is 9.89. The molecule has 2 atom stereocenters. The van der Waals surface area contributed by atoms with Gasteiger partial charge in [-0.15, -0.1) is 0 Å². The topological polar surface area (TPSA) is 87.3 Å². The van der Waals surface area contributed by atoms with Crippen LogP contribution in [0.15, 0.2) is 42.7 Å². The molecule has 0 saturated carbocycles. The zero-order valence-corrected chi connectivity index (χ0v) is 15.9. The minimum Gasteiger partial charge on any atom is -0.436 e. The number of rotatable bonds is 3. The zero-order valence-electron chi connectivity index (χ0n) is 15.9. The van der Waals surface area contributed by atoms with Gasteiger partial charge in [0.2, 0.25) is 11.8 Å². The third-order valence-electron chi connectivity index (χ3n) is 5.18. The quantitative estimate of drug-likeness (QED) is 0.666. The van der Waals surface area contributed by atoms with Crippen molar-refractivity contribution in [1.82, 2.24) is 20.2 Å². The highest BCUT2D eigenvalue weighted by Crippen LogP contribution is 2.41. The molecule has 1 saturated heterocycles. The Morgan fingerprint density at radius 3 is 2.67 bits per heavy atom. The van der Waals surface area contributed by atoms with E-state index in [0.717, 1.165) is 6.07 Å². The molecule has 0 radical (unpaired) electrons. The van der Waals surface area contributed by atoms with Crippen LogP contribution in [-0.4, -0.2) is 33.9 Å². The van der Waals surface area contributed by atoms with E-state index < -0.39 is 41.5 Å². The number of fused-ring (bicyclic) bond motifs is 1. The highest BCUT2D eigenvalue weighted by atomic mass is 19.4. The molecule has 4 rings (SSSR count). The van der Waals surface area contributed by atoms with E-state index in [1.54, 1.807) is 32.3 Å². The third-order valence-corrected chi connectivity index (χ3v) is 5.18. The second-order valence-corrected chi connectivity index (χ2v) is 7.01. The molecule has 3 heterocycles. The number of hydrogen-bond acceptors (Lipinski definition) is 4. The van der Waals surface area contributed by atoms with Gasteiger partial charge in [-0.3, -0.25) is 10.1 Å². The standard InChI is InChI=1S/C20H17F3N4O3/c1-10-16(27(2)19(29)26-17(10)28)12-5-6-14(15-11(12)7-9-24-15)30-18-13(20(21,22)23)4-3-8-25-18/h3-10,16,24H,1-2H3,(H,26,28,29). The summed E-state index contributed by atoms with van der Waals surface area (Å²) in [7, 11) is 1.58. The Balaban J connectivity index is 1.78. The molecule has 1 aliphatic heterocycles. The first-order chi connectivity index (χ1) is 14.2. The van der Waals surface area contributed by atoms with Crippen molar-refractivity contribution < 1.29 is 27.5 Å². The van der Waals surface area contributed by atoms with Crippen LogP contribution in [0.2, 0.25) is 0 Å². The van der Waals surface area contributed by atoms with Crippen molar-refractivity contribution in [3.63, 3.8) is 0 Å². The van der Waals surface area contributed by atoms with Crippen LogP contribution in [0.1, 0.15) is 24.1 Å². The minimum atomic E-state index is -4.62. The number of amides is 3. The van der Waals surface area contributed by atoms with Gasteiger partial charge < -0.3 is 14.6 Å². The molecule has 1 aliphatic rings. The SMILES string of the molecule is CC1C(=O)NC(=O)N(C)C1c1ccc(Oc2ncccc2C(F)(F)F)c2[nH]ccc12. The summed E-state index contributed by atoms with van der Waals surface area (Å²) in [6, 6.07) is 5.88. The highest BCUT2D eigenvalue weighted by molar-refractivity contribution is 5.99. The van der Waals surface area contributed by atoms with Gasteiger partial charge in [0.05, 0.1) is 17.5 Å². The monoisotopic (exact) mass is 418 g/mol. The van der Waals surface area contributed by atoms with Crippen LogP contribution in [0.3, 0.4) is 0 Å². The summed E-state index contributed by atoms with van der Waals surface area (Å²) < 4.78 is 45.3. The van der Waals surface area contributed by atoms with Gasteiger partial charge in [0, 0.05) is 24.8 Å². The maximum absolute atomic E-state index is 13.3. The number of hydrogen-bond donors (Lipinski definition) is 2. The molecule has 2 unspecified atom stereocenters. The smallest absolute Gasteiger partial charge is 0.421 e. The Kier molecular flexibility index (Phi) is 4.64. The van der Waals surface area contributed by atoms with Crippen LogP contribution in [0.5, 0.6) is 11.6 Å². The molecule has 1 aromatic carbocycles. The average molecular weight is 418 g/mol. The molecule has 3 aromatic rings. The molecule has 2 N–H and O–H groups in total. The van der Waals surface area contributed by atoms with Crippen molar-refractivity contribution in [1.29, 1.82) is 0 Å². The number of urea groups is 1. The number of halogens is 3. The first kappa shape index (κ1) is 19.7. The van der Waals surface area contributed by atoms with E-state index in [4.69, 9.17) is 4.74 Å². The second kappa shape index (κ2) is 7.05. The van der Waals surface area contributed by atoms with E-state index in [2.05, 4.69) is 15.3 Å². The summed E-state index contributed by atoms with van der Waals surface area (Å²) in [6.45, 7) is 1.70. The fraction of sp³-hybridized carbons (Fsp3) is 0.250. The molecular formula is C20H17F3N4O3. The number of aromatic amines is 1. The van der Waals surface area contributed by atoms with Crippen LogP contribution < -0.4 is 10.1 Å². The Morgan fingerprint density at radius 1 is 1.17 bits per heavy atom. The predicted octanol–water partition coefficient (Wildman–Crippen LogP) is 4.23. The van der Waals surface area contributed by atoms with Crippen LogP contribution in [-0.2, 0) is 11.0 Å². The summed E-state index contributed by atoms with van der Waals surface area (Å²) in [5.41, 5.74) is 0.121. The number of imide groups is 1. The largest absolute Gasteiger partial charge is 0.436 e. The number of nitrogens with zero attached hydrogens (tertiary/aromatic N) is 2. The van der Waals surface area contributed by atoms with E-state index in [1.807, 2.05) is 0 Å². The zero-order chi connectivity index (χ0) is 21.6. The van der Waals surface area contributed by atoms with E-state index in [-0.39, 0.29) is 5.75 Å². The summed E-state index contributed by atoms with van der Waals surface area (Å²) >= 11 is 0. The Labute approximate surface area is 168 Å². The number of carbonyl (C=O) groups excluding carboxylic acids is 2. The predicted molar refractivity (Wildman–Crippen MR) is 101 cm³/mol. The molecule has 30 heavy (non-hydrogen) atoms. The lowest BCUT2D eigenvalue weighted by Crippen LogP contribution is -2.53. The summed E-state index contributed by atoms with van der Waals surface area (Å²) in [5.74, 6) is -1.34. The Morgan fingerprint density at radius 2 is 1.93 bits per heavy atom. The fourth-order valence-corrected chi connectivity index (χ4v) is 3.68. The number of aromatic nitrogens is 2. The van der Waals surface area contributed by atoms with Gasteiger partial charge >= 0.3 is 12.2 Å². The second-order valence-electron chi connectivity index (χ2n) is 7.01. The third kappa shape index (κ3) is 3.23. The highest BCUT2D eigenvalue weighted by Gasteiger charge is 2.39. The van der Waals surface area contributed by atoms with Crippen molar-refractivity contribution in [3.05, 3.63) is 53.9 Å². The first-order valence-corrected chi connectivity index (χ1v) is 9.06. The van der Waals surface area contributed by atoms with Gasteiger partial charge in [-0.25, -0.2) is 9.78 Å². The summed E-state index contributed by atoms with van der Waals surface area (Å²) in [6.07, 6.45) is -1.79. The number of benzene rings is 1. The van der Waals surface area contributed by atoms with E-state index in [1.165, 1.54) is 23.2 Å². The Hall–Kier alpha value is -3.56. The Bertz CT molecular complexity index is 1120. The lowest BCUT2D eigenvalue weighted by Gasteiger charge is -2.37. The average Bonchev–Trinajstić information content (AvgIpc) is 3.18. The molecule has 156 valence electrons. The number of nitrogens with one attached hydrogen (secondary N) is 2. The first-order valence-electron chi connectivity index (χ1n) is 9.06. The van der Waals surface area contributed by atoms with Crippen LogP contribution in [0.25, 0.3) is 10.9 Å². The van der Waals surface area contributed by atoms with Gasteiger partial charge in [-0.05, 0) is 29.8 Å². The van der Waals surface area contributed by atoms with Crippen LogP contribution in [0.4, 0.5) is 18.0 Å². The van der Waals surface area contributed by atoms with Crippen molar-refractivity contribution in [2.24, 2.45) is 5.92 Å². The molecule has 2 aromatic heterocycles. The lowest BCUT2D eigenvalue weighted by molar-refractivity contribution is -0.138. The van der Waals surface area contributed by atoms with E-state index in [9.17, 15) is 22.8 Å². The van der Waals surface area contributed by atoms with Crippen LogP contribution >= 0.6 is 0 Å². The molecule has 0 aliphatic carbocycles. The molecule has 3 amide bonds. The maximum atomic E-state index is 13.3. The molecule has 0 bridgehead atoms. The van der Waals surface area contributed by atoms with Crippen molar-refractivity contribution in [3.8, 4) is 11.6 Å². The number of H-pyrrole nitrogens is 1. The minimum absolute atomic E-state index is 0.143. The van der Waals surface area contributed by atoms with Gasteiger partial charge in [0.1, 0.15) is 5.56 Å². The maximum Gasteiger partial charge on any atom is 0.421 e. The van der Waals surface area contributed by atoms with Crippen molar-refractivity contribution in [2.45, 2.75) is 19.1 Å². The number of pyridine rings is 1. The summed E-state index contributed by atoms with van der Waals surface area (Å²) in [4.78, 5) is 32.3. The van der Waals surface area contributed by atoms with Gasteiger partial charge in [-0.1, -0.05) is 13.0 Å². The molecule has 1 fully saturated rings.